The predicted octanol–water partition coefficient (Wildman–Crippen LogP) is -0.0287. The normalized spacial score (nSPS) is 6.80. The van der Waals surface area contributed by atoms with Crippen LogP contribution < -0.4 is 4.73 Å². The zero-order valence-electron chi connectivity index (χ0n) is 5.04. The molecule has 0 saturated carbocycles. The van der Waals surface area contributed by atoms with E-state index in [-0.39, 0.29) is 0 Å². The summed E-state index contributed by atoms with van der Waals surface area (Å²) in [7, 11) is 0. The molecule has 0 amide bonds. The Balaban J connectivity index is 0.000000236. The van der Waals surface area contributed by atoms with Crippen LogP contribution in [-0.4, -0.2) is 5.21 Å². The molecule has 1 heterocycles. The van der Waals surface area contributed by atoms with Crippen molar-refractivity contribution in [2.45, 2.75) is 0 Å². The third-order valence-electron chi connectivity index (χ3n) is 0.700. The molecule has 0 atom stereocenters. The molecule has 5 heteroatoms. The van der Waals surface area contributed by atoms with Gasteiger partial charge in [0, 0.05) is 16.9 Å². The summed E-state index contributed by atoms with van der Waals surface area (Å²) in [6.45, 7) is 0. The molecule has 0 aliphatic heterocycles. The summed E-state index contributed by atoms with van der Waals surface area (Å²) >= 11 is -1.81. The number of rotatable bonds is 0. The van der Waals surface area contributed by atoms with Crippen molar-refractivity contribution in [2.24, 2.45) is 0 Å². The predicted molar refractivity (Wildman–Crippen MR) is 25.2 cm³/mol. The van der Waals surface area contributed by atoms with Crippen LogP contribution in [0.5, 0.6) is 0 Å². The fourth-order valence-corrected chi connectivity index (χ4v) is 0.390. The standard InChI is InChI=1S/C5H6NO.2O.V/c7-6-4-2-1-3-5-6;;;/h1-5,7H;;;/q+1;;;. The van der Waals surface area contributed by atoms with Crippen LogP contribution in [0.3, 0.4) is 0 Å². The van der Waals surface area contributed by atoms with Crippen LogP contribution in [-0.2, 0) is 23.5 Å². The summed E-state index contributed by atoms with van der Waals surface area (Å²) in [5.41, 5.74) is 0. The van der Waals surface area contributed by atoms with E-state index in [0.29, 0.717) is 0 Å². The molecule has 10 heavy (non-hydrogen) atoms. The molecule has 53 valence electrons. The summed E-state index contributed by atoms with van der Waals surface area (Å²) in [4.78, 5) is 0. The third-order valence-corrected chi connectivity index (χ3v) is 0.700. The first kappa shape index (κ1) is 9.13. The van der Waals surface area contributed by atoms with E-state index >= 15 is 0 Å². The summed E-state index contributed by atoms with van der Waals surface area (Å²) < 4.78 is 17.9. The molecule has 0 bridgehead atoms. The number of hydrogen-bond donors (Lipinski definition) is 1. The second kappa shape index (κ2) is 6.26. The molecule has 0 aliphatic carbocycles. The number of nitrogens with zero attached hydrogens (tertiary/aromatic N) is 1. The maximum absolute atomic E-state index is 8.55. The van der Waals surface area contributed by atoms with E-state index in [9.17, 15) is 0 Å². The Labute approximate surface area is 64.6 Å². The summed E-state index contributed by atoms with van der Waals surface area (Å²) in [6, 6.07) is 5.34. The van der Waals surface area contributed by atoms with Gasteiger partial charge in [-0.2, -0.15) is 0 Å². The minimum atomic E-state index is -1.81. The fraction of sp³-hybridized carbons (Fsp3) is 0. The van der Waals surface area contributed by atoms with Crippen LogP contribution in [0, 0.1) is 0 Å². The molecule has 0 spiro atoms. The average molecular weight is 179 g/mol. The van der Waals surface area contributed by atoms with Gasteiger partial charge < -0.3 is 0 Å². The summed E-state index contributed by atoms with van der Waals surface area (Å²) in [5.74, 6) is 0. The van der Waals surface area contributed by atoms with Crippen LogP contribution >= 0.6 is 0 Å². The van der Waals surface area contributed by atoms with Gasteiger partial charge in [-0.1, -0.05) is 6.07 Å². The Morgan fingerprint density at radius 3 is 1.70 bits per heavy atom. The molecule has 0 radical (unpaired) electrons. The monoisotopic (exact) mass is 179 g/mol. The fourth-order valence-electron chi connectivity index (χ4n) is 0.390. The SMILES string of the molecule is O[n+]1ccccc1.[O]=[V]=[O]. The first-order chi connectivity index (χ1) is 4.81. The van der Waals surface area contributed by atoms with Crippen molar-refractivity contribution < 1.29 is 33.5 Å². The Morgan fingerprint density at radius 2 is 1.50 bits per heavy atom. The Hall–Kier alpha value is -0.866. The van der Waals surface area contributed by atoms with E-state index in [1.54, 1.807) is 24.5 Å². The molecule has 0 fully saturated rings. The van der Waals surface area contributed by atoms with Gasteiger partial charge in [-0.3, -0.25) is 5.21 Å². The van der Waals surface area contributed by atoms with Gasteiger partial charge >= 0.3 is 23.5 Å². The van der Waals surface area contributed by atoms with Gasteiger partial charge in [0.25, 0.3) is 0 Å². The van der Waals surface area contributed by atoms with E-state index in [4.69, 9.17) is 12.6 Å². The zero-order chi connectivity index (χ0) is 7.82. The zero-order valence-corrected chi connectivity index (χ0v) is 6.44. The third kappa shape index (κ3) is 5.27. The van der Waals surface area contributed by atoms with Crippen molar-refractivity contribution in [3.05, 3.63) is 30.6 Å². The second-order valence-electron chi connectivity index (χ2n) is 1.33. The first-order valence-corrected chi connectivity index (χ1v) is 3.56. The maximum atomic E-state index is 8.55. The van der Waals surface area contributed by atoms with Crippen LogP contribution in [0.15, 0.2) is 30.6 Å². The molecule has 0 aliphatic rings. The molecule has 1 rings (SSSR count). The number of aromatic nitrogens is 1. The molecule has 4 nitrogen and oxygen atoms in total. The second-order valence-corrected chi connectivity index (χ2v) is 1.56. The van der Waals surface area contributed by atoms with Crippen LogP contribution in [0.4, 0.5) is 0 Å². The van der Waals surface area contributed by atoms with Gasteiger partial charge in [0.1, 0.15) is 0 Å². The van der Waals surface area contributed by atoms with Crippen molar-refractivity contribution >= 4 is 0 Å². The molecule has 1 aromatic rings. The summed E-state index contributed by atoms with van der Waals surface area (Å²) in [6.07, 6.45) is 3.11. The van der Waals surface area contributed by atoms with E-state index in [2.05, 4.69) is 0 Å². The van der Waals surface area contributed by atoms with Gasteiger partial charge in [0.15, 0.2) is 0 Å². The number of pyridine rings is 1. The molecule has 1 aromatic heterocycles. The van der Waals surface area contributed by atoms with Gasteiger partial charge in [-0.15, -0.1) is 0 Å². The van der Waals surface area contributed by atoms with Crippen molar-refractivity contribution in [3.63, 3.8) is 0 Å². The quantitative estimate of drug-likeness (QED) is 0.449. The molecular formula is C5H6NO3V+. The molecule has 0 aromatic carbocycles. The summed E-state index contributed by atoms with van der Waals surface area (Å²) in [5, 5.41) is 8.55. The van der Waals surface area contributed by atoms with Crippen molar-refractivity contribution in [2.75, 3.05) is 0 Å². The van der Waals surface area contributed by atoms with Gasteiger partial charge in [0.2, 0.25) is 12.4 Å². The van der Waals surface area contributed by atoms with E-state index in [1.165, 1.54) is 0 Å². The van der Waals surface area contributed by atoms with Crippen molar-refractivity contribution in [3.8, 4) is 0 Å². The Morgan fingerprint density at radius 1 is 1.10 bits per heavy atom. The number of hydrogen-bond acceptors (Lipinski definition) is 3. The average Bonchev–Trinajstić information content (AvgIpc) is 1.91. The molecular weight excluding hydrogens is 173 g/mol. The van der Waals surface area contributed by atoms with Gasteiger partial charge in [-0.05, 0) is 0 Å². The van der Waals surface area contributed by atoms with E-state index < -0.39 is 16.2 Å². The van der Waals surface area contributed by atoms with Gasteiger partial charge in [-0.25, -0.2) is 0 Å². The van der Waals surface area contributed by atoms with E-state index in [1.807, 2.05) is 6.07 Å². The molecule has 0 saturated heterocycles. The topological polar surface area (TPSA) is 58.2 Å². The van der Waals surface area contributed by atoms with Crippen LogP contribution in [0.2, 0.25) is 0 Å². The van der Waals surface area contributed by atoms with Crippen LogP contribution in [0.25, 0.3) is 0 Å². The van der Waals surface area contributed by atoms with Crippen molar-refractivity contribution in [1.82, 2.24) is 0 Å². The first-order valence-electron chi connectivity index (χ1n) is 2.41. The van der Waals surface area contributed by atoms with Gasteiger partial charge in [0.05, 0.1) is 0 Å². The Kier molecular flexibility index (Phi) is 5.72. The molecule has 0 unspecified atom stereocenters. The molecule has 1 N–H and O–H groups in total. The minimum absolute atomic E-state index is 1.00. The van der Waals surface area contributed by atoms with E-state index in [0.717, 1.165) is 4.73 Å². The van der Waals surface area contributed by atoms with Crippen molar-refractivity contribution in [1.29, 1.82) is 0 Å². The van der Waals surface area contributed by atoms with Crippen LogP contribution in [0.1, 0.15) is 0 Å². The Bertz CT molecular complexity index is 207.